The zero-order chi connectivity index (χ0) is 16.9. The van der Waals surface area contributed by atoms with Gasteiger partial charge in [0.25, 0.3) is 0 Å². The first-order chi connectivity index (χ1) is 11.7. The summed E-state index contributed by atoms with van der Waals surface area (Å²) >= 11 is 1.86. The van der Waals surface area contributed by atoms with E-state index in [1.807, 2.05) is 36.0 Å². The van der Waals surface area contributed by atoms with Gasteiger partial charge in [-0.2, -0.15) is 11.8 Å². The van der Waals surface area contributed by atoms with E-state index in [2.05, 4.69) is 18.3 Å². The van der Waals surface area contributed by atoms with Crippen LogP contribution in [-0.4, -0.2) is 23.8 Å². The number of benzene rings is 2. The molecule has 0 spiro atoms. The molecule has 0 amide bonds. The molecule has 5 nitrogen and oxygen atoms in total. The summed E-state index contributed by atoms with van der Waals surface area (Å²) in [4.78, 5) is 11.0. The summed E-state index contributed by atoms with van der Waals surface area (Å²) in [5.74, 6) is 2.08. The van der Waals surface area contributed by atoms with E-state index in [1.165, 1.54) is 6.07 Å². The summed E-state index contributed by atoms with van der Waals surface area (Å²) in [6.07, 6.45) is 0.727. The minimum absolute atomic E-state index is 0.0283. The highest BCUT2D eigenvalue weighted by Crippen LogP contribution is 2.46. The highest BCUT2D eigenvalue weighted by atomic mass is 32.2. The Labute approximate surface area is 145 Å². The van der Waals surface area contributed by atoms with E-state index < -0.39 is 0 Å². The molecule has 2 aromatic carbocycles. The van der Waals surface area contributed by atoms with Crippen LogP contribution in [0.1, 0.15) is 23.3 Å². The van der Waals surface area contributed by atoms with E-state index in [0.717, 1.165) is 36.4 Å². The molecule has 3 rings (SSSR count). The van der Waals surface area contributed by atoms with Gasteiger partial charge < -0.3 is 10.1 Å². The maximum absolute atomic E-state index is 11.3. The summed E-state index contributed by atoms with van der Waals surface area (Å²) in [5.41, 5.74) is 2.02. The molecule has 1 atom stereocenters. The van der Waals surface area contributed by atoms with Gasteiger partial charge in [0.2, 0.25) is 5.75 Å². The molecule has 0 saturated carbocycles. The van der Waals surface area contributed by atoms with Gasteiger partial charge in [0.1, 0.15) is 5.75 Å². The van der Waals surface area contributed by atoms with Gasteiger partial charge in [0, 0.05) is 34.7 Å². The number of rotatable bonds is 6. The fourth-order valence-corrected chi connectivity index (χ4v) is 4.07. The van der Waals surface area contributed by atoms with Crippen molar-refractivity contribution < 1.29 is 9.66 Å². The largest absolute Gasteiger partial charge is 0.449 e. The molecule has 6 heteroatoms. The fourth-order valence-electron chi connectivity index (χ4n) is 2.85. The fraction of sp³-hybridized carbons (Fsp3) is 0.333. The summed E-state index contributed by atoms with van der Waals surface area (Å²) in [6, 6.07) is 13.0. The number of thioether (sulfide) groups is 1. The summed E-state index contributed by atoms with van der Waals surface area (Å²) in [5, 5.41) is 14.9. The number of nitro groups is 1. The third kappa shape index (κ3) is 3.55. The Balaban J connectivity index is 1.95. The van der Waals surface area contributed by atoms with E-state index >= 15 is 0 Å². The monoisotopic (exact) mass is 344 g/mol. The van der Waals surface area contributed by atoms with Gasteiger partial charge in [-0.25, -0.2) is 0 Å². The average molecular weight is 344 g/mol. The minimum atomic E-state index is -0.375. The molecule has 126 valence electrons. The van der Waals surface area contributed by atoms with Crippen LogP contribution in [0.4, 0.5) is 5.69 Å². The van der Waals surface area contributed by atoms with E-state index in [4.69, 9.17) is 4.74 Å². The second-order valence-electron chi connectivity index (χ2n) is 5.58. The lowest BCUT2D eigenvalue weighted by atomic mass is 10.0. The Morgan fingerprint density at radius 1 is 1.29 bits per heavy atom. The van der Waals surface area contributed by atoms with Gasteiger partial charge in [0.15, 0.2) is 0 Å². The SMILES string of the molecule is CCNCCSC1Cc2cccc([N+](=O)[O-])c2Oc2ccccc21. The van der Waals surface area contributed by atoms with Gasteiger partial charge in [-0.1, -0.05) is 37.3 Å². The van der Waals surface area contributed by atoms with E-state index in [0.29, 0.717) is 11.5 Å². The predicted octanol–water partition coefficient (Wildman–Crippen LogP) is 4.33. The second kappa shape index (κ2) is 7.68. The lowest BCUT2D eigenvalue weighted by Gasteiger charge is -2.16. The van der Waals surface area contributed by atoms with Crippen molar-refractivity contribution in [1.29, 1.82) is 0 Å². The number of hydrogen-bond acceptors (Lipinski definition) is 5. The van der Waals surface area contributed by atoms with Gasteiger partial charge in [-0.15, -0.1) is 0 Å². The molecule has 1 aliphatic rings. The Hall–Kier alpha value is -2.05. The number of nitrogens with one attached hydrogen (secondary N) is 1. The Kier molecular flexibility index (Phi) is 5.37. The average Bonchev–Trinajstić information content (AvgIpc) is 2.75. The molecule has 0 saturated heterocycles. The van der Waals surface area contributed by atoms with Crippen LogP contribution < -0.4 is 10.1 Å². The number of para-hydroxylation sites is 2. The van der Waals surface area contributed by atoms with E-state index in [-0.39, 0.29) is 15.9 Å². The number of nitrogens with zero attached hydrogens (tertiary/aromatic N) is 1. The molecule has 1 aliphatic heterocycles. The number of nitro benzene ring substituents is 1. The molecule has 0 aromatic heterocycles. The number of hydrogen-bond donors (Lipinski definition) is 1. The molecule has 1 heterocycles. The summed E-state index contributed by atoms with van der Waals surface area (Å²) in [7, 11) is 0. The molecule has 0 bridgehead atoms. The van der Waals surface area contributed by atoms with Crippen LogP contribution in [0.3, 0.4) is 0 Å². The van der Waals surface area contributed by atoms with Crippen molar-refractivity contribution in [2.24, 2.45) is 0 Å². The Bertz CT molecular complexity index is 736. The maximum atomic E-state index is 11.3. The van der Waals surface area contributed by atoms with Crippen LogP contribution in [0.2, 0.25) is 0 Å². The van der Waals surface area contributed by atoms with Crippen molar-refractivity contribution in [3.8, 4) is 11.5 Å². The van der Waals surface area contributed by atoms with Crippen molar-refractivity contribution in [1.82, 2.24) is 5.32 Å². The molecule has 2 aromatic rings. The Morgan fingerprint density at radius 2 is 2.12 bits per heavy atom. The normalized spacial score (nSPS) is 15.8. The lowest BCUT2D eigenvalue weighted by Crippen LogP contribution is -2.16. The number of ether oxygens (including phenoxy) is 1. The molecule has 0 radical (unpaired) electrons. The van der Waals surface area contributed by atoms with Crippen molar-refractivity contribution in [2.45, 2.75) is 18.6 Å². The topological polar surface area (TPSA) is 64.4 Å². The highest BCUT2D eigenvalue weighted by molar-refractivity contribution is 7.99. The van der Waals surface area contributed by atoms with Crippen molar-refractivity contribution >= 4 is 17.4 Å². The van der Waals surface area contributed by atoms with Gasteiger partial charge >= 0.3 is 5.69 Å². The second-order valence-corrected chi connectivity index (χ2v) is 6.89. The van der Waals surface area contributed by atoms with Crippen LogP contribution in [-0.2, 0) is 6.42 Å². The van der Waals surface area contributed by atoms with Gasteiger partial charge in [-0.3, -0.25) is 10.1 Å². The van der Waals surface area contributed by atoms with Crippen LogP contribution in [0.15, 0.2) is 42.5 Å². The molecular formula is C18H20N2O3S. The zero-order valence-electron chi connectivity index (χ0n) is 13.5. The van der Waals surface area contributed by atoms with Crippen LogP contribution >= 0.6 is 11.8 Å². The van der Waals surface area contributed by atoms with Crippen LogP contribution in [0.25, 0.3) is 0 Å². The van der Waals surface area contributed by atoms with Gasteiger partial charge in [0.05, 0.1) is 4.92 Å². The lowest BCUT2D eigenvalue weighted by molar-refractivity contribution is -0.385. The third-order valence-electron chi connectivity index (χ3n) is 4.00. The standard InChI is InChI=1S/C18H20N2O3S/c1-2-19-10-11-24-17-12-13-6-5-8-15(20(21)22)18(13)23-16-9-4-3-7-14(16)17/h3-9,17,19H,2,10-12H2,1H3. The van der Waals surface area contributed by atoms with E-state index in [9.17, 15) is 10.1 Å². The molecule has 0 fully saturated rings. The maximum Gasteiger partial charge on any atom is 0.311 e. The number of fused-ring (bicyclic) bond motifs is 2. The molecule has 1 unspecified atom stereocenters. The zero-order valence-corrected chi connectivity index (χ0v) is 14.3. The molecular weight excluding hydrogens is 324 g/mol. The molecule has 1 N–H and O–H groups in total. The molecule has 24 heavy (non-hydrogen) atoms. The summed E-state index contributed by atoms with van der Waals surface area (Å²) < 4.78 is 5.98. The molecule has 0 aliphatic carbocycles. The third-order valence-corrected chi connectivity index (χ3v) is 5.27. The first-order valence-electron chi connectivity index (χ1n) is 8.06. The van der Waals surface area contributed by atoms with E-state index in [1.54, 1.807) is 6.07 Å². The van der Waals surface area contributed by atoms with Gasteiger partial charge in [-0.05, 0) is 19.0 Å². The van der Waals surface area contributed by atoms with Crippen LogP contribution in [0, 0.1) is 10.1 Å². The quantitative estimate of drug-likeness (QED) is 0.480. The minimum Gasteiger partial charge on any atom is -0.449 e. The Morgan fingerprint density at radius 3 is 2.92 bits per heavy atom. The first-order valence-corrected chi connectivity index (χ1v) is 9.11. The smallest absolute Gasteiger partial charge is 0.311 e. The highest BCUT2D eigenvalue weighted by Gasteiger charge is 2.28. The van der Waals surface area contributed by atoms with Crippen molar-refractivity contribution in [3.63, 3.8) is 0 Å². The van der Waals surface area contributed by atoms with Crippen molar-refractivity contribution in [3.05, 3.63) is 63.7 Å². The van der Waals surface area contributed by atoms with Crippen LogP contribution in [0.5, 0.6) is 11.5 Å². The predicted molar refractivity (Wildman–Crippen MR) is 97.1 cm³/mol. The first kappa shape index (κ1) is 16.8. The van der Waals surface area contributed by atoms with Crippen molar-refractivity contribution in [2.75, 3.05) is 18.8 Å². The summed E-state index contributed by atoms with van der Waals surface area (Å²) in [6.45, 7) is 4.00.